The number of carbonyl (C=O) groups excluding carboxylic acids is 2. The number of anilines is 1. The molecule has 0 saturated carbocycles. The van der Waals surface area contributed by atoms with Gasteiger partial charge in [-0.3, -0.25) is 10.1 Å². The fourth-order valence-corrected chi connectivity index (χ4v) is 2.50. The van der Waals surface area contributed by atoms with Gasteiger partial charge in [0, 0.05) is 6.07 Å². The van der Waals surface area contributed by atoms with Crippen LogP contribution in [0.25, 0.3) is 0 Å². The topological polar surface area (TPSA) is 146 Å². The van der Waals surface area contributed by atoms with Crippen LogP contribution in [0.2, 0.25) is 0 Å². The van der Waals surface area contributed by atoms with E-state index in [0.29, 0.717) is 11.0 Å². The number of hydrogen-bond donors (Lipinski definition) is 1. The molecule has 2 rings (SSSR count). The average molecular weight is 384 g/mol. The molecule has 11 nitrogen and oxygen atoms in total. The lowest BCUT2D eigenvalue weighted by atomic mass is 10.1. The average Bonchev–Trinajstić information content (AvgIpc) is 2.65. The summed E-state index contributed by atoms with van der Waals surface area (Å²) in [5, 5.41) is 20.7. The number of nitro groups is 1. The highest BCUT2D eigenvalue weighted by Crippen LogP contribution is 2.38. The van der Waals surface area contributed by atoms with Gasteiger partial charge in [-0.15, -0.1) is 0 Å². The molecule has 0 saturated heterocycles. The molecule has 1 aliphatic rings. The molecule has 0 bridgehead atoms. The number of methoxy groups -OCH3 is 2. The van der Waals surface area contributed by atoms with Gasteiger partial charge in [0.05, 0.1) is 31.3 Å². The van der Waals surface area contributed by atoms with E-state index in [9.17, 15) is 34.0 Å². The molecular formula is C15H13FN2O9. The first-order chi connectivity index (χ1) is 12.7. The largest absolute Gasteiger partial charge is 0.478 e. The van der Waals surface area contributed by atoms with Crippen molar-refractivity contribution in [3.05, 3.63) is 44.9 Å². The van der Waals surface area contributed by atoms with E-state index >= 15 is 0 Å². The Balaban J connectivity index is 2.87. The molecule has 0 spiro atoms. The van der Waals surface area contributed by atoms with Crippen LogP contribution < -0.4 is 4.90 Å². The minimum Gasteiger partial charge on any atom is -0.478 e. The number of aromatic carboxylic acids is 1. The Kier molecular flexibility index (Phi) is 5.70. The van der Waals surface area contributed by atoms with Crippen molar-refractivity contribution < 1.29 is 43.0 Å². The number of benzene rings is 1. The van der Waals surface area contributed by atoms with Crippen LogP contribution in [0.1, 0.15) is 10.4 Å². The zero-order valence-electron chi connectivity index (χ0n) is 14.1. The second-order valence-electron chi connectivity index (χ2n) is 5.07. The van der Waals surface area contributed by atoms with Crippen LogP contribution in [-0.4, -0.2) is 55.5 Å². The molecule has 0 unspecified atom stereocenters. The molecule has 0 aliphatic carbocycles. The van der Waals surface area contributed by atoms with E-state index < -0.39 is 64.6 Å². The number of rotatable bonds is 5. The monoisotopic (exact) mass is 384 g/mol. The molecule has 12 heteroatoms. The molecule has 1 aliphatic heterocycles. The molecule has 0 amide bonds. The van der Waals surface area contributed by atoms with Gasteiger partial charge in [0.1, 0.15) is 29.5 Å². The van der Waals surface area contributed by atoms with Crippen molar-refractivity contribution in [3.63, 3.8) is 0 Å². The van der Waals surface area contributed by atoms with Gasteiger partial charge in [-0.05, 0) is 6.07 Å². The van der Waals surface area contributed by atoms with E-state index in [0.717, 1.165) is 20.3 Å². The molecule has 1 aromatic rings. The zero-order valence-corrected chi connectivity index (χ0v) is 14.1. The maximum atomic E-state index is 14.1. The molecular weight excluding hydrogens is 371 g/mol. The summed E-state index contributed by atoms with van der Waals surface area (Å²) in [4.78, 5) is 46.8. The van der Waals surface area contributed by atoms with Gasteiger partial charge in [-0.25, -0.2) is 18.8 Å². The van der Waals surface area contributed by atoms with E-state index in [1.807, 2.05) is 0 Å². The molecule has 1 N–H and O–H groups in total. The van der Waals surface area contributed by atoms with E-state index in [4.69, 9.17) is 4.74 Å². The van der Waals surface area contributed by atoms with Gasteiger partial charge in [0.25, 0.3) is 5.69 Å². The summed E-state index contributed by atoms with van der Waals surface area (Å²) in [6.45, 7) is -0.978. The van der Waals surface area contributed by atoms with Crippen molar-refractivity contribution in [1.29, 1.82) is 0 Å². The molecule has 0 radical (unpaired) electrons. The van der Waals surface area contributed by atoms with Crippen LogP contribution in [0.15, 0.2) is 23.4 Å². The molecule has 1 aromatic carbocycles. The molecule has 27 heavy (non-hydrogen) atoms. The van der Waals surface area contributed by atoms with Crippen molar-refractivity contribution in [2.75, 3.05) is 32.5 Å². The first-order valence-corrected chi connectivity index (χ1v) is 7.19. The quantitative estimate of drug-likeness (QED) is 0.440. The third kappa shape index (κ3) is 3.55. The van der Waals surface area contributed by atoms with E-state index in [-0.39, 0.29) is 5.57 Å². The minimum atomic E-state index is -1.82. The predicted molar refractivity (Wildman–Crippen MR) is 84.4 cm³/mol. The summed E-state index contributed by atoms with van der Waals surface area (Å²) < 4.78 is 28.4. The lowest BCUT2D eigenvalue weighted by Gasteiger charge is -2.31. The van der Waals surface area contributed by atoms with E-state index in [1.54, 1.807) is 0 Å². The van der Waals surface area contributed by atoms with Gasteiger partial charge in [-0.2, -0.15) is 0 Å². The summed E-state index contributed by atoms with van der Waals surface area (Å²) in [7, 11) is 2.01. The number of carbonyl (C=O) groups is 3. The lowest BCUT2D eigenvalue weighted by Crippen LogP contribution is -2.40. The molecule has 144 valence electrons. The summed E-state index contributed by atoms with van der Waals surface area (Å²) in [6.07, 6.45) is 0. The standard InChI is InChI=1S/C15H13FN2O9/c1-25-14(21)7-5-27-6-17(11(7)15(22)26-2)12-9(18(23)24)4-3-8(16)10(12)13(19)20/h3-4H,5-6H2,1-2H3,(H,19,20). The van der Waals surface area contributed by atoms with Crippen LogP contribution >= 0.6 is 0 Å². The summed E-state index contributed by atoms with van der Waals surface area (Å²) in [5.74, 6) is -5.22. The minimum absolute atomic E-state index is 0.370. The predicted octanol–water partition coefficient (Wildman–Crippen LogP) is 0.826. The van der Waals surface area contributed by atoms with Crippen molar-refractivity contribution in [2.45, 2.75) is 0 Å². The zero-order chi connectivity index (χ0) is 20.3. The number of nitrogens with zero attached hydrogens (tertiary/aromatic N) is 2. The van der Waals surface area contributed by atoms with Crippen LogP contribution in [-0.2, 0) is 23.8 Å². The highest BCUT2D eigenvalue weighted by atomic mass is 19.1. The SMILES string of the molecule is COC(=O)C1=C(C(=O)OC)N(c2c([N+](=O)[O-])ccc(F)c2C(=O)O)COC1. The number of hydrogen-bond acceptors (Lipinski definition) is 9. The summed E-state index contributed by atoms with van der Waals surface area (Å²) in [6, 6.07) is 1.34. The van der Waals surface area contributed by atoms with Crippen molar-refractivity contribution >= 4 is 29.3 Å². The first-order valence-electron chi connectivity index (χ1n) is 7.19. The lowest BCUT2D eigenvalue weighted by molar-refractivity contribution is -0.384. The smallest absolute Gasteiger partial charge is 0.355 e. The molecule has 0 atom stereocenters. The second kappa shape index (κ2) is 7.78. The fraction of sp³-hybridized carbons (Fsp3) is 0.267. The Labute approximate surface area is 150 Å². The maximum absolute atomic E-state index is 14.1. The summed E-state index contributed by atoms with van der Waals surface area (Å²) in [5.41, 5.74) is -3.57. The van der Waals surface area contributed by atoms with Gasteiger partial charge in [0.15, 0.2) is 0 Å². The van der Waals surface area contributed by atoms with Crippen LogP contribution in [0, 0.1) is 15.9 Å². The number of esters is 2. The van der Waals surface area contributed by atoms with Crippen molar-refractivity contribution in [2.24, 2.45) is 0 Å². The van der Waals surface area contributed by atoms with Crippen LogP contribution in [0.5, 0.6) is 0 Å². The van der Waals surface area contributed by atoms with Gasteiger partial charge < -0.3 is 24.2 Å². The Hall–Kier alpha value is -3.54. The highest BCUT2D eigenvalue weighted by molar-refractivity contribution is 6.06. The number of ether oxygens (including phenoxy) is 3. The molecule has 1 heterocycles. The third-order valence-electron chi connectivity index (χ3n) is 3.62. The van der Waals surface area contributed by atoms with Crippen molar-refractivity contribution in [3.8, 4) is 0 Å². The van der Waals surface area contributed by atoms with Crippen molar-refractivity contribution in [1.82, 2.24) is 0 Å². The normalized spacial score (nSPS) is 14.0. The number of nitro benzene ring substituents is 1. The highest BCUT2D eigenvalue weighted by Gasteiger charge is 2.38. The Bertz CT molecular complexity index is 865. The summed E-state index contributed by atoms with van der Waals surface area (Å²) >= 11 is 0. The van der Waals surface area contributed by atoms with Gasteiger partial charge in [0.2, 0.25) is 0 Å². The first kappa shape index (κ1) is 19.8. The van der Waals surface area contributed by atoms with Gasteiger partial charge >= 0.3 is 17.9 Å². The number of halogens is 1. The third-order valence-corrected chi connectivity index (χ3v) is 3.62. The van der Waals surface area contributed by atoms with E-state index in [2.05, 4.69) is 9.47 Å². The molecule has 0 aromatic heterocycles. The maximum Gasteiger partial charge on any atom is 0.355 e. The Morgan fingerprint density at radius 3 is 2.41 bits per heavy atom. The van der Waals surface area contributed by atoms with Gasteiger partial charge in [-0.1, -0.05) is 0 Å². The fourth-order valence-electron chi connectivity index (χ4n) is 2.50. The number of carboxylic acids is 1. The molecule has 0 fully saturated rings. The number of carboxylic acid groups (broad SMARTS) is 1. The Morgan fingerprint density at radius 1 is 1.26 bits per heavy atom. The Morgan fingerprint density at radius 2 is 1.89 bits per heavy atom. The van der Waals surface area contributed by atoms with Crippen LogP contribution in [0.3, 0.4) is 0 Å². The van der Waals surface area contributed by atoms with Crippen LogP contribution in [0.4, 0.5) is 15.8 Å². The van der Waals surface area contributed by atoms with E-state index in [1.165, 1.54) is 0 Å². The second-order valence-corrected chi connectivity index (χ2v) is 5.07.